The Morgan fingerprint density at radius 3 is 2.57 bits per heavy atom. The molecular weight excluding hydrogens is 444 g/mol. The highest BCUT2D eigenvalue weighted by molar-refractivity contribution is 5.88. The molecule has 0 aliphatic carbocycles. The zero-order valence-corrected chi connectivity index (χ0v) is 20.6. The minimum Gasteiger partial charge on any atom is -0.469 e. The number of carbonyl (C=O) groups is 2. The monoisotopic (exact) mass is 476 g/mol. The number of rotatable bonds is 6. The van der Waals surface area contributed by atoms with Crippen LogP contribution in [0.15, 0.2) is 48.7 Å². The number of aryl methyl sites for hydroxylation is 1. The van der Waals surface area contributed by atoms with E-state index in [0.717, 1.165) is 41.7 Å². The number of piperidine rings is 1. The van der Waals surface area contributed by atoms with Crippen molar-refractivity contribution in [3.8, 4) is 0 Å². The average molecular weight is 477 g/mol. The fraction of sp³-hybridized carbons (Fsp3) is 0.444. The van der Waals surface area contributed by atoms with Gasteiger partial charge in [-0.25, -0.2) is 5.06 Å². The van der Waals surface area contributed by atoms with Crippen LogP contribution in [0.5, 0.6) is 0 Å². The van der Waals surface area contributed by atoms with Crippen LogP contribution in [0.1, 0.15) is 36.1 Å². The quantitative estimate of drug-likeness (QED) is 0.508. The number of likely N-dealkylation sites (tertiary alicyclic amines) is 1. The van der Waals surface area contributed by atoms with Gasteiger partial charge in [-0.1, -0.05) is 36.4 Å². The molecule has 8 nitrogen and oxygen atoms in total. The summed E-state index contributed by atoms with van der Waals surface area (Å²) in [5, 5.41) is 8.15. The normalized spacial score (nSPS) is 20.1. The number of aromatic nitrogens is 2. The summed E-state index contributed by atoms with van der Waals surface area (Å²) in [4.78, 5) is 34.4. The summed E-state index contributed by atoms with van der Waals surface area (Å²) in [5.41, 5.74) is 2.63. The van der Waals surface area contributed by atoms with Gasteiger partial charge in [0, 0.05) is 44.4 Å². The van der Waals surface area contributed by atoms with Crippen molar-refractivity contribution in [2.45, 2.75) is 44.9 Å². The van der Waals surface area contributed by atoms with Gasteiger partial charge in [0.1, 0.15) is 6.61 Å². The number of ether oxygens (including phenoxy) is 1. The van der Waals surface area contributed by atoms with Gasteiger partial charge in [0.05, 0.1) is 24.8 Å². The highest BCUT2D eigenvalue weighted by Gasteiger charge is 2.58. The van der Waals surface area contributed by atoms with Gasteiger partial charge < -0.3 is 4.74 Å². The van der Waals surface area contributed by atoms with E-state index in [4.69, 9.17) is 9.57 Å². The Kier molecular flexibility index (Phi) is 6.34. The molecular formula is C27H32N4O4. The fourth-order valence-electron chi connectivity index (χ4n) is 5.54. The van der Waals surface area contributed by atoms with Gasteiger partial charge in [-0.2, -0.15) is 5.10 Å². The van der Waals surface area contributed by atoms with Gasteiger partial charge in [-0.15, -0.1) is 0 Å². The van der Waals surface area contributed by atoms with E-state index in [1.807, 2.05) is 36.1 Å². The van der Waals surface area contributed by atoms with Crippen molar-refractivity contribution in [1.82, 2.24) is 19.7 Å². The lowest BCUT2D eigenvalue weighted by atomic mass is 9.77. The minimum atomic E-state index is -0.693. The molecule has 35 heavy (non-hydrogen) atoms. The Bertz CT molecular complexity index is 1240. The van der Waals surface area contributed by atoms with E-state index < -0.39 is 11.5 Å². The molecule has 3 aromatic rings. The summed E-state index contributed by atoms with van der Waals surface area (Å²) in [5.74, 6) is -1.02. The molecule has 0 radical (unpaired) electrons. The topological polar surface area (TPSA) is 76.9 Å². The summed E-state index contributed by atoms with van der Waals surface area (Å²) >= 11 is 0. The lowest BCUT2D eigenvalue weighted by molar-refractivity contribution is -0.229. The molecule has 0 N–H and O–H groups in total. The molecule has 8 heteroatoms. The van der Waals surface area contributed by atoms with Crippen molar-refractivity contribution in [2.24, 2.45) is 13.0 Å². The third-order valence-electron chi connectivity index (χ3n) is 7.77. The van der Waals surface area contributed by atoms with Crippen LogP contribution in [0.2, 0.25) is 0 Å². The SMILES string of the molecule is COC(=O)C1CC(=O)N(OCc2ccc3ccccc3c2)C12CCN(Cc1cnn(C)c1C)CC2. The highest BCUT2D eigenvalue weighted by atomic mass is 16.7. The van der Waals surface area contributed by atoms with Gasteiger partial charge in [0.25, 0.3) is 0 Å². The van der Waals surface area contributed by atoms with E-state index in [0.29, 0.717) is 12.8 Å². The maximum Gasteiger partial charge on any atom is 0.311 e. The van der Waals surface area contributed by atoms with Crippen molar-refractivity contribution >= 4 is 22.6 Å². The number of hydrogen-bond donors (Lipinski definition) is 0. The number of hydrogen-bond acceptors (Lipinski definition) is 6. The van der Waals surface area contributed by atoms with Crippen LogP contribution in [0.25, 0.3) is 10.8 Å². The first kappa shape index (κ1) is 23.5. The Balaban J connectivity index is 1.33. The van der Waals surface area contributed by atoms with E-state index in [1.54, 1.807) is 0 Å². The Morgan fingerprint density at radius 2 is 1.89 bits per heavy atom. The van der Waals surface area contributed by atoms with Crippen LogP contribution in [0.4, 0.5) is 0 Å². The lowest BCUT2D eigenvalue weighted by Gasteiger charge is -2.45. The molecule has 1 amide bonds. The number of methoxy groups -OCH3 is 1. The van der Waals surface area contributed by atoms with Crippen molar-refractivity contribution in [1.29, 1.82) is 0 Å². The van der Waals surface area contributed by atoms with Crippen molar-refractivity contribution in [2.75, 3.05) is 20.2 Å². The van der Waals surface area contributed by atoms with Crippen LogP contribution in [-0.2, 0) is 39.4 Å². The molecule has 1 unspecified atom stereocenters. The Hall–Kier alpha value is -3.23. The number of fused-ring (bicyclic) bond motifs is 1. The fourth-order valence-corrected chi connectivity index (χ4v) is 5.54. The predicted octanol–water partition coefficient (Wildman–Crippen LogP) is 3.37. The molecule has 0 bridgehead atoms. The maximum atomic E-state index is 13.1. The van der Waals surface area contributed by atoms with Crippen LogP contribution in [0.3, 0.4) is 0 Å². The van der Waals surface area contributed by atoms with Gasteiger partial charge in [0.15, 0.2) is 0 Å². The summed E-state index contributed by atoms with van der Waals surface area (Å²) in [6, 6.07) is 14.3. The van der Waals surface area contributed by atoms with Gasteiger partial charge in [-0.05, 0) is 42.2 Å². The molecule has 2 aromatic carbocycles. The summed E-state index contributed by atoms with van der Waals surface area (Å²) in [6.07, 6.45) is 3.33. The third-order valence-corrected chi connectivity index (χ3v) is 7.77. The molecule has 5 rings (SSSR count). The predicted molar refractivity (Wildman–Crippen MR) is 131 cm³/mol. The van der Waals surface area contributed by atoms with Crippen molar-refractivity contribution < 1.29 is 19.2 Å². The largest absolute Gasteiger partial charge is 0.469 e. The van der Waals surface area contributed by atoms with E-state index in [2.05, 4.69) is 41.2 Å². The highest BCUT2D eigenvalue weighted by Crippen LogP contribution is 2.45. The van der Waals surface area contributed by atoms with Gasteiger partial charge in [-0.3, -0.25) is 24.0 Å². The first-order chi connectivity index (χ1) is 16.9. The Labute approximate surface area is 205 Å². The number of hydroxylamine groups is 2. The molecule has 1 spiro atoms. The van der Waals surface area contributed by atoms with Crippen molar-refractivity contribution in [3.63, 3.8) is 0 Å². The second-order valence-corrected chi connectivity index (χ2v) is 9.68. The average Bonchev–Trinajstić information content (AvgIpc) is 3.34. The molecule has 1 aromatic heterocycles. The zero-order valence-electron chi connectivity index (χ0n) is 20.6. The number of carbonyl (C=O) groups excluding carboxylic acids is 2. The van der Waals surface area contributed by atoms with E-state index in [9.17, 15) is 9.59 Å². The number of nitrogens with zero attached hydrogens (tertiary/aromatic N) is 4. The van der Waals surface area contributed by atoms with E-state index in [1.165, 1.54) is 17.7 Å². The number of esters is 1. The molecule has 2 aliphatic heterocycles. The Morgan fingerprint density at radius 1 is 1.14 bits per heavy atom. The van der Waals surface area contributed by atoms with Gasteiger partial charge >= 0.3 is 5.97 Å². The molecule has 2 aliphatic rings. The van der Waals surface area contributed by atoms with E-state index in [-0.39, 0.29) is 24.9 Å². The molecule has 0 saturated carbocycles. The molecule has 1 atom stereocenters. The lowest BCUT2D eigenvalue weighted by Crippen LogP contribution is -2.57. The zero-order chi connectivity index (χ0) is 24.6. The van der Waals surface area contributed by atoms with Crippen LogP contribution in [-0.4, -0.2) is 57.4 Å². The van der Waals surface area contributed by atoms with Gasteiger partial charge in [0.2, 0.25) is 5.91 Å². The summed E-state index contributed by atoms with van der Waals surface area (Å²) < 4.78 is 6.99. The van der Waals surface area contributed by atoms with Crippen LogP contribution >= 0.6 is 0 Å². The molecule has 184 valence electrons. The minimum absolute atomic E-state index is 0.117. The molecule has 3 heterocycles. The standard InChI is InChI=1S/C27H32N4O4/c1-19-23(16-28-29(19)2)17-30-12-10-27(11-13-30)24(26(33)34-3)15-25(32)31(27)35-18-20-8-9-21-6-4-5-7-22(21)14-20/h4-9,14,16,24H,10-13,15,17-18H2,1-3H3. The second kappa shape index (κ2) is 9.43. The third kappa shape index (κ3) is 4.32. The number of amides is 1. The smallest absolute Gasteiger partial charge is 0.311 e. The molecule has 2 fully saturated rings. The molecule has 2 saturated heterocycles. The maximum absolute atomic E-state index is 13.1. The summed E-state index contributed by atoms with van der Waals surface area (Å²) in [7, 11) is 3.33. The van der Waals surface area contributed by atoms with Crippen LogP contribution < -0.4 is 0 Å². The first-order valence-corrected chi connectivity index (χ1v) is 12.1. The number of benzene rings is 2. The van der Waals surface area contributed by atoms with E-state index >= 15 is 0 Å². The van der Waals surface area contributed by atoms with Crippen LogP contribution in [0, 0.1) is 12.8 Å². The summed E-state index contributed by atoms with van der Waals surface area (Å²) in [6.45, 7) is 4.64. The van der Waals surface area contributed by atoms with Crippen molar-refractivity contribution in [3.05, 3.63) is 65.5 Å². The second-order valence-electron chi connectivity index (χ2n) is 9.68. The first-order valence-electron chi connectivity index (χ1n) is 12.1.